The van der Waals surface area contributed by atoms with Crippen molar-refractivity contribution in [1.82, 2.24) is 9.88 Å². The third-order valence-electron chi connectivity index (χ3n) is 6.09. The number of rotatable bonds is 10. The predicted octanol–water partition coefficient (Wildman–Crippen LogP) is 4.99. The summed E-state index contributed by atoms with van der Waals surface area (Å²) in [6.07, 6.45) is 8.01. The molecule has 0 spiro atoms. The van der Waals surface area contributed by atoms with E-state index < -0.39 is 12.5 Å². The first-order chi connectivity index (χ1) is 14.3. The van der Waals surface area contributed by atoms with Crippen molar-refractivity contribution in [2.45, 2.75) is 77.2 Å². The Hall–Kier alpha value is -1.59. The van der Waals surface area contributed by atoms with Crippen LogP contribution in [0.1, 0.15) is 68.9 Å². The molecule has 1 fully saturated rings. The Balaban J connectivity index is 1.36. The third kappa shape index (κ3) is 7.28. The first-order valence-electron chi connectivity index (χ1n) is 10.9. The van der Waals surface area contributed by atoms with E-state index in [1.165, 1.54) is 24.2 Å². The van der Waals surface area contributed by atoms with Crippen molar-refractivity contribution in [2.24, 2.45) is 11.8 Å². The first-order valence-corrected chi connectivity index (χ1v) is 11.7. The Morgan fingerprint density at radius 1 is 1.33 bits per heavy atom. The van der Waals surface area contributed by atoms with Gasteiger partial charge in [-0.05, 0) is 44.1 Å². The van der Waals surface area contributed by atoms with E-state index >= 15 is 0 Å². The number of nitriles is 1. The molecular weight excluding hydrogens is 408 g/mol. The lowest BCUT2D eigenvalue weighted by atomic mass is 9.78. The van der Waals surface area contributed by atoms with Gasteiger partial charge in [0.1, 0.15) is 5.78 Å². The molecule has 5 nitrogen and oxygen atoms in total. The summed E-state index contributed by atoms with van der Waals surface area (Å²) in [4.78, 5) is 19.8. The van der Waals surface area contributed by atoms with Crippen LogP contribution in [-0.2, 0) is 17.8 Å². The molecule has 0 atom stereocenters. The van der Waals surface area contributed by atoms with Crippen LogP contribution in [0.4, 0.5) is 8.78 Å². The molecule has 8 heteroatoms. The summed E-state index contributed by atoms with van der Waals surface area (Å²) < 4.78 is 31.1. The second kappa shape index (κ2) is 10.6. The molecule has 0 N–H and O–H groups in total. The summed E-state index contributed by atoms with van der Waals surface area (Å²) in [6, 6.07) is 2.04. The van der Waals surface area contributed by atoms with Crippen LogP contribution < -0.4 is 4.74 Å². The molecule has 1 aliphatic heterocycles. The number of aromatic nitrogens is 1. The quantitative estimate of drug-likeness (QED) is 0.514. The van der Waals surface area contributed by atoms with Crippen LogP contribution in [0.5, 0.6) is 5.19 Å². The molecule has 0 saturated heterocycles. The molecule has 1 aromatic rings. The smallest absolute Gasteiger partial charge is 0.278 e. The van der Waals surface area contributed by atoms with Gasteiger partial charge in [-0.15, -0.1) is 0 Å². The van der Waals surface area contributed by atoms with E-state index in [0.717, 1.165) is 62.8 Å². The van der Waals surface area contributed by atoms with Crippen LogP contribution >= 0.6 is 11.3 Å². The molecule has 0 amide bonds. The predicted molar refractivity (Wildman–Crippen MR) is 112 cm³/mol. The number of halogens is 2. The number of carbonyl (C=O) groups excluding carboxylic acids is 1. The molecule has 0 radical (unpaired) electrons. The largest absolute Gasteiger partial charge is 0.464 e. The summed E-state index contributed by atoms with van der Waals surface area (Å²) in [6.45, 7) is 2.98. The minimum Gasteiger partial charge on any atom is -0.464 e. The number of ketones is 1. The Kier molecular flexibility index (Phi) is 8.18. The molecule has 0 aromatic carbocycles. The molecule has 30 heavy (non-hydrogen) atoms. The average molecular weight is 440 g/mol. The number of thiazole rings is 1. The fourth-order valence-corrected chi connectivity index (χ4v) is 5.28. The number of carbonyl (C=O) groups is 1. The Morgan fingerprint density at radius 2 is 2.07 bits per heavy atom. The number of ether oxygens (including phenoxy) is 1. The molecule has 2 aliphatic rings. The second-order valence-electron chi connectivity index (χ2n) is 8.81. The Morgan fingerprint density at radius 3 is 2.77 bits per heavy atom. The summed E-state index contributed by atoms with van der Waals surface area (Å²) in [5.41, 5.74) is 0.972. The molecule has 1 aromatic heterocycles. The van der Waals surface area contributed by atoms with Gasteiger partial charge >= 0.3 is 0 Å². The van der Waals surface area contributed by atoms with Crippen molar-refractivity contribution < 1.29 is 18.3 Å². The third-order valence-corrected chi connectivity index (χ3v) is 7.16. The lowest BCUT2D eigenvalue weighted by Gasteiger charge is -2.31. The van der Waals surface area contributed by atoms with Crippen LogP contribution in [0, 0.1) is 23.2 Å². The summed E-state index contributed by atoms with van der Waals surface area (Å²) in [5, 5.41) is 8.94. The second-order valence-corrected chi connectivity index (χ2v) is 9.86. The van der Waals surface area contributed by atoms with Gasteiger partial charge in [-0.2, -0.15) is 5.26 Å². The monoisotopic (exact) mass is 439 g/mol. The highest BCUT2D eigenvalue weighted by Crippen LogP contribution is 2.34. The van der Waals surface area contributed by atoms with E-state index in [2.05, 4.69) is 9.88 Å². The van der Waals surface area contributed by atoms with Crippen molar-refractivity contribution in [3.05, 3.63) is 10.6 Å². The van der Waals surface area contributed by atoms with Crippen LogP contribution in [0.3, 0.4) is 0 Å². The van der Waals surface area contributed by atoms with Crippen LogP contribution in [-0.4, -0.2) is 41.3 Å². The molecule has 2 heterocycles. The minimum atomic E-state index is -2.85. The standard InChI is InChI=1S/C22H31F2N3O2S/c1-22(23,24)15-29-21-26-19-14-27(12-9-20(19)30-21)11-8-16-4-6-17(7-5-16)13-18(28)3-2-10-25/h16-17H,2-9,11-15H2,1H3. The molecule has 1 saturated carbocycles. The number of hydrogen-bond acceptors (Lipinski definition) is 6. The maximum Gasteiger partial charge on any atom is 0.278 e. The van der Waals surface area contributed by atoms with Gasteiger partial charge in [0.2, 0.25) is 0 Å². The summed E-state index contributed by atoms with van der Waals surface area (Å²) >= 11 is 1.40. The molecule has 0 bridgehead atoms. The van der Waals surface area contributed by atoms with Crippen molar-refractivity contribution in [3.8, 4) is 11.3 Å². The summed E-state index contributed by atoms with van der Waals surface area (Å²) in [5.74, 6) is -1.41. The van der Waals surface area contributed by atoms with E-state index in [9.17, 15) is 13.6 Å². The van der Waals surface area contributed by atoms with Crippen molar-refractivity contribution >= 4 is 17.1 Å². The van der Waals surface area contributed by atoms with E-state index in [1.54, 1.807) is 0 Å². The Bertz CT molecular complexity index is 749. The van der Waals surface area contributed by atoms with Crippen molar-refractivity contribution in [2.75, 3.05) is 19.7 Å². The zero-order chi connectivity index (χ0) is 21.6. The molecule has 1 aliphatic carbocycles. The van der Waals surface area contributed by atoms with Gasteiger partial charge < -0.3 is 4.74 Å². The molecule has 166 valence electrons. The SMILES string of the molecule is CC(F)(F)COc1nc2c(s1)CCN(CCC1CCC(CC(=O)CCC#N)CC1)C2. The summed E-state index contributed by atoms with van der Waals surface area (Å²) in [7, 11) is 0. The minimum absolute atomic E-state index is 0.235. The van der Waals surface area contributed by atoms with E-state index in [1.807, 2.05) is 6.07 Å². The Labute approximate surface area is 181 Å². The maximum absolute atomic E-state index is 13.0. The van der Waals surface area contributed by atoms with E-state index in [-0.39, 0.29) is 5.78 Å². The van der Waals surface area contributed by atoms with Crippen molar-refractivity contribution in [1.29, 1.82) is 5.26 Å². The van der Waals surface area contributed by atoms with Crippen LogP contribution in [0.15, 0.2) is 0 Å². The molecule has 0 unspecified atom stereocenters. The van der Waals surface area contributed by atoms with Gasteiger partial charge in [0.15, 0.2) is 6.61 Å². The first kappa shape index (κ1) is 23.1. The molecule has 3 rings (SSSR count). The zero-order valence-electron chi connectivity index (χ0n) is 17.7. The van der Waals surface area contributed by atoms with Gasteiger partial charge in [-0.1, -0.05) is 24.2 Å². The lowest BCUT2D eigenvalue weighted by Crippen LogP contribution is -2.32. The van der Waals surface area contributed by atoms with E-state index in [0.29, 0.717) is 36.3 Å². The van der Waals surface area contributed by atoms with Gasteiger partial charge in [0, 0.05) is 44.2 Å². The number of Topliss-reactive ketones (excluding diaryl/α,β-unsaturated/α-hetero) is 1. The highest BCUT2D eigenvalue weighted by atomic mass is 32.1. The molecular formula is C22H31F2N3O2S. The van der Waals surface area contributed by atoms with Gasteiger partial charge in [-0.25, -0.2) is 13.8 Å². The zero-order valence-corrected chi connectivity index (χ0v) is 18.5. The number of nitrogens with zero attached hydrogens (tertiary/aromatic N) is 3. The van der Waals surface area contributed by atoms with Gasteiger partial charge in [-0.3, -0.25) is 9.69 Å². The van der Waals surface area contributed by atoms with Crippen molar-refractivity contribution in [3.63, 3.8) is 0 Å². The highest BCUT2D eigenvalue weighted by molar-refractivity contribution is 7.13. The number of alkyl halides is 2. The fourth-order valence-electron chi connectivity index (χ4n) is 4.38. The lowest BCUT2D eigenvalue weighted by molar-refractivity contribution is -0.120. The maximum atomic E-state index is 13.0. The van der Waals surface area contributed by atoms with Gasteiger partial charge in [0.25, 0.3) is 11.1 Å². The fraction of sp³-hybridized carbons (Fsp3) is 0.773. The highest BCUT2D eigenvalue weighted by Gasteiger charge is 2.27. The number of hydrogen-bond donors (Lipinski definition) is 0. The van der Waals surface area contributed by atoms with Crippen LogP contribution in [0.25, 0.3) is 0 Å². The average Bonchev–Trinajstić information content (AvgIpc) is 3.12. The van der Waals surface area contributed by atoms with Crippen LogP contribution in [0.2, 0.25) is 0 Å². The topological polar surface area (TPSA) is 66.2 Å². The van der Waals surface area contributed by atoms with Gasteiger partial charge in [0.05, 0.1) is 11.8 Å². The number of fused-ring (bicyclic) bond motifs is 1. The van der Waals surface area contributed by atoms with E-state index in [4.69, 9.17) is 10.00 Å². The normalized spacial score (nSPS) is 22.3.